The van der Waals surface area contributed by atoms with Crippen LogP contribution in [-0.4, -0.2) is 44.8 Å². The predicted molar refractivity (Wildman–Crippen MR) is 48.2 cm³/mol. The van der Waals surface area contributed by atoms with Crippen LogP contribution in [0.1, 0.15) is 13.3 Å². The molecular formula is C8H18N2O2. The highest BCUT2D eigenvalue weighted by atomic mass is 16.5. The second kappa shape index (κ2) is 6.91. The summed E-state index contributed by atoms with van der Waals surface area (Å²) in [5.74, 6) is 0. The Labute approximate surface area is 73.9 Å². The fourth-order valence-corrected chi connectivity index (χ4v) is 0.730. The van der Waals surface area contributed by atoms with Gasteiger partial charge < -0.3 is 15.0 Å². The lowest BCUT2D eigenvalue weighted by atomic mass is 10.4. The van der Waals surface area contributed by atoms with Crippen molar-refractivity contribution in [3.63, 3.8) is 0 Å². The molecule has 0 fully saturated rings. The van der Waals surface area contributed by atoms with E-state index in [4.69, 9.17) is 4.74 Å². The molecule has 0 aromatic heterocycles. The zero-order valence-electron chi connectivity index (χ0n) is 8.09. The van der Waals surface area contributed by atoms with E-state index in [0.717, 1.165) is 19.5 Å². The lowest BCUT2D eigenvalue weighted by Crippen LogP contribution is -2.23. The normalized spacial score (nSPS) is 10.0. The van der Waals surface area contributed by atoms with Crippen molar-refractivity contribution >= 4 is 6.09 Å². The minimum Gasteiger partial charge on any atom is -0.450 e. The van der Waals surface area contributed by atoms with Crippen molar-refractivity contribution in [2.75, 3.05) is 33.8 Å². The van der Waals surface area contributed by atoms with Gasteiger partial charge in [-0.15, -0.1) is 0 Å². The lowest BCUT2D eigenvalue weighted by molar-refractivity contribution is 0.142. The quantitative estimate of drug-likeness (QED) is 0.623. The molecule has 0 unspecified atom stereocenters. The number of rotatable bonds is 5. The molecule has 0 aromatic carbocycles. The molecule has 0 atom stereocenters. The van der Waals surface area contributed by atoms with Crippen LogP contribution in [0.5, 0.6) is 0 Å². The maximum atomic E-state index is 10.6. The first kappa shape index (κ1) is 11.2. The molecule has 4 nitrogen and oxygen atoms in total. The van der Waals surface area contributed by atoms with Gasteiger partial charge in [-0.25, -0.2) is 4.79 Å². The summed E-state index contributed by atoms with van der Waals surface area (Å²) < 4.78 is 4.81. The van der Waals surface area contributed by atoms with Gasteiger partial charge in [-0.1, -0.05) is 6.92 Å². The van der Waals surface area contributed by atoms with Crippen LogP contribution in [0.25, 0.3) is 0 Å². The van der Waals surface area contributed by atoms with Crippen molar-refractivity contribution in [1.29, 1.82) is 0 Å². The molecule has 1 amide bonds. The minimum atomic E-state index is -0.353. The fourth-order valence-electron chi connectivity index (χ4n) is 0.730. The second-order valence-electron chi connectivity index (χ2n) is 2.64. The van der Waals surface area contributed by atoms with E-state index < -0.39 is 0 Å². The summed E-state index contributed by atoms with van der Waals surface area (Å²) in [6.45, 7) is 4.58. The zero-order valence-corrected chi connectivity index (χ0v) is 8.09. The summed E-state index contributed by atoms with van der Waals surface area (Å²) in [5, 5.41) is 2.39. The first-order valence-corrected chi connectivity index (χ1v) is 4.23. The molecule has 12 heavy (non-hydrogen) atoms. The number of amides is 1. The summed E-state index contributed by atoms with van der Waals surface area (Å²) in [4.78, 5) is 12.8. The molecule has 0 spiro atoms. The van der Waals surface area contributed by atoms with Gasteiger partial charge in [0.25, 0.3) is 0 Å². The Morgan fingerprint density at radius 1 is 1.58 bits per heavy atom. The highest BCUT2D eigenvalue weighted by Gasteiger charge is 1.97. The van der Waals surface area contributed by atoms with E-state index in [2.05, 4.69) is 17.1 Å². The van der Waals surface area contributed by atoms with Crippen molar-refractivity contribution in [3.05, 3.63) is 0 Å². The van der Waals surface area contributed by atoms with Crippen molar-refractivity contribution < 1.29 is 9.53 Å². The molecule has 0 rings (SSSR count). The van der Waals surface area contributed by atoms with Crippen LogP contribution in [-0.2, 0) is 4.74 Å². The largest absolute Gasteiger partial charge is 0.450 e. The van der Waals surface area contributed by atoms with E-state index in [1.54, 1.807) is 7.05 Å². The van der Waals surface area contributed by atoms with Gasteiger partial charge in [-0.05, 0) is 20.0 Å². The SMILES string of the molecule is CCN(C)CCCOC(=O)NC. The van der Waals surface area contributed by atoms with Gasteiger partial charge in [0.1, 0.15) is 0 Å². The Bertz CT molecular complexity index is 128. The van der Waals surface area contributed by atoms with Gasteiger partial charge in [0, 0.05) is 13.6 Å². The highest BCUT2D eigenvalue weighted by Crippen LogP contribution is 1.88. The van der Waals surface area contributed by atoms with E-state index in [-0.39, 0.29) is 6.09 Å². The predicted octanol–water partition coefficient (Wildman–Crippen LogP) is 0.684. The van der Waals surface area contributed by atoms with Crippen molar-refractivity contribution in [3.8, 4) is 0 Å². The van der Waals surface area contributed by atoms with Crippen molar-refractivity contribution in [2.24, 2.45) is 0 Å². The van der Waals surface area contributed by atoms with E-state index in [1.165, 1.54) is 0 Å². The average Bonchev–Trinajstić information content (AvgIpc) is 2.11. The van der Waals surface area contributed by atoms with Crippen molar-refractivity contribution in [1.82, 2.24) is 10.2 Å². The van der Waals surface area contributed by atoms with Gasteiger partial charge in [-0.3, -0.25) is 0 Å². The number of nitrogens with zero attached hydrogens (tertiary/aromatic N) is 1. The number of ether oxygens (including phenoxy) is 1. The number of alkyl carbamates (subject to hydrolysis) is 1. The highest BCUT2D eigenvalue weighted by molar-refractivity contribution is 5.66. The Balaban J connectivity index is 3.15. The summed E-state index contributed by atoms with van der Waals surface area (Å²) in [6.07, 6.45) is 0.534. The summed E-state index contributed by atoms with van der Waals surface area (Å²) in [5.41, 5.74) is 0. The second-order valence-corrected chi connectivity index (χ2v) is 2.64. The number of carbonyl (C=O) groups excluding carboxylic acids is 1. The molecule has 0 bridgehead atoms. The molecule has 72 valence electrons. The smallest absolute Gasteiger partial charge is 0.406 e. The molecule has 0 saturated carbocycles. The molecule has 0 heterocycles. The minimum absolute atomic E-state index is 0.353. The first-order valence-electron chi connectivity index (χ1n) is 4.23. The Hall–Kier alpha value is -0.770. The van der Waals surface area contributed by atoms with Crippen LogP contribution in [0.15, 0.2) is 0 Å². The molecule has 0 radical (unpaired) electrons. The van der Waals surface area contributed by atoms with Crippen LogP contribution in [0, 0.1) is 0 Å². The maximum Gasteiger partial charge on any atom is 0.406 e. The number of hydrogen-bond acceptors (Lipinski definition) is 3. The molecule has 0 saturated heterocycles. The third-order valence-corrected chi connectivity index (χ3v) is 1.66. The van der Waals surface area contributed by atoms with Gasteiger partial charge in [-0.2, -0.15) is 0 Å². The van der Waals surface area contributed by atoms with Gasteiger partial charge in [0.05, 0.1) is 6.61 Å². The molecule has 4 heteroatoms. The molecule has 0 aliphatic rings. The van der Waals surface area contributed by atoms with Gasteiger partial charge >= 0.3 is 6.09 Å². The van der Waals surface area contributed by atoms with Crippen LogP contribution in [0.4, 0.5) is 4.79 Å². The maximum absolute atomic E-state index is 10.6. The van der Waals surface area contributed by atoms with E-state index in [9.17, 15) is 4.79 Å². The first-order chi connectivity index (χ1) is 5.70. The van der Waals surface area contributed by atoms with Crippen LogP contribution in [0.3, 0.4) is 0 Å². The summed E-state index contributed by atoms with van der Waals surface area (Å²) in [6, 6.07) is 0. The van der Waals surface area contributed by atoms with Crippen LogP contribution < -0.4 is 5.32 Å². The van der Waals surface area contributed by atoms with Gasteiger partial charge in [0.2, 0.25) is 0 Å². The molecule has 1 N–H and O–H groups in total. The topological polar surface area (TPSA) is 41.6 Å². The van der Waals surface area contributed by atoms with Crippen LogP contribution >= 0.6 is 0 Å². The van der Waals surface area contributed by atoms with Gasteiger partial charge in [0.15, 0.2) is 0 Å². The van der Waals surface area contributed by atoms with E-state index in [1.807, 2.05) is 7.05 Å². The number of nitrogens with one attached hydrogen (secondary N) is 1. The number of carbonyl (C=O) groups is 1. The fraction of sp³-hybridized carbons (Fsp3) is 0.875. The monoisotopic (exact) mass is 174 g/mol. The van der Waals surface area contributed by atoms with Crippen molar-refractivity contribution in [2.45, 2.75) is 13.3 Å². The zero-order chi connectivity index (χ0) is 9.40. The third-order valence-electron chi connectivity index (χ3n) is 1.66. The average molecular weight is 174 g/mol. The Kier molecular flexibility index (Phi) is 6.47. The summed E-state index contributed by atoms with van der Waals surface area (Å²) in [7, 11) is 3.60. The molecule has 0 aliphatic carbocycles. The molecule has 0 aromatic rings. The molecular weight excluding hydrogens is 156 g/mol. The van der Waals surface area contributed by atoms with E-state index in [0.29, 0.717) is 6.61 Å². The Morgan fingerprint density at radius 3 is 2.75 bits per heavy atom. The summed E-state index contributed by atoms with van der Waals surface area (Å²) >= 11 is 0. The van der Waals surface area contributed by atoms with Crippen LogP contribution in [0.2, 0.25) is 0 Å². The standard InChI is InChI=1S/C8H18N2O2/c1-4-10(3)6-5-7-12-8(11)9-2/h4-7H2,1-3H3,(H,9,11). The Morgan fingerprint density at radius 2 is 2.25 bits per heavy atom. The van der Waals surface area contributed by atoms with E-state index >= 15 is 0 Å². The number of hydrogen-bond donors (Lipinski definition) is 1. The molecule has 0 aliphatic heterocycles. The third kappa shape index (κ3) is 5.97. The lowest BCUT2D eigenvalue weighted by Gasteiger charge is -2.12.